The molecule has 0 aliphatic rings. The van der Waals surface area contributed by atoms with Gasteiger partial charge >= 0.3 is 0 Å². The number of halogens is 1. The minimum atomic E-state index is -0.451. The minimum Gasteiger partial charge on any atom is -0.494 e. The minimum absolute atomic E-state index is 0.0204. The number of oxime groups is 1. The second kappa shape index (κ2) is 6.60. The molecule has 110 valence electrons. The zero-order chi connectivity index (χ0) is 15.2. The number of benzene rings is 2. The first-order chi connectivity index (χ1) is 10.2. The van der Waals surface area contributed by atoms with Crippen molar-refractivity contribution in [1.82, 2.24) is 0 Å². The third-order valence-electron chi connectivity index (χ3n) is 2.90. The van der Waals surface area contributed by atoms with E-state index in [9.17, 15) is 4.39 Å². The molecule has 6 heteroatoms. The monoisotopic (exact) mass is 290 g/mol. The molecule has 0 unspecified atom stereocenters. The van der Waals surface area contributed by atoms with Crippen molar-refractivity contribution in [2.75, 3.05) is 7.11 Å². The molecule has 2 aromatic carbocycles. The topological polar surface area (TPSA) is 77.1 Å². The van der Waals surface area contributed by atoms with E-state index in [2.05, 4.69) is 5.16 Å². The van der Waals surface area contributed by atoms with Crippen LogP contribution in [0.5, 0.6) is 11.5 Å². The van der Waals surface area contributed by atoms with Crippen molar-refractivity contribution in [3.63, 3.8) is 0 Å². The number of amidine groups is 1. The Morgan fingerprint density at radius 3 is 2.76 bits per heavy atom. The zero-order valence-corrected chi connectivity index (χ0v) is 11.4. The molecule has 0 saturated heterocycles. The molecule has 0 heterocycles. The normalized spacial score (nSPS) is 11.2. The molecule has 0 aliphatic heterocycles. The fraction of sp³-hybridized carbons (Fsp3) is 0.133. The lowest BCUT2D eigenvalue weighted by atomic mass is 10.2. The maximum absolute atomic E-state index is 14.0. The van der Waals surface area contributed by atoms with Crippen molar-refractivity contribution >= 4 is 5.84 Å². The van der Waals surface area contributed by atoms with Gasteiger partial charge in [-0.1, -0.05) is 29.4 Å². The summed E-state index contributed by atoms with van der Waals surface area (Å²) < 4.78 is 24.4. The lowest BCUT2D eigenvalue weighted by Crippen LogP contribution is -2.13. The highest BCUT2D eigenvalue weighted by molar-refractivity contribution is 5.97. The van der Waals surface area contributed by atoms with Crippen LogP contribution in [0.25, 0.3) is 0 Å². The molecule has 0 aliphatic carbocycles. The van der Waals surface area contributed by atoms with Crippen LogP contribution < -0.4 is 15.2 Å². The zero-order valence-electron chi connectivity index (χ0n) is 11.4. The van der Waals surface area contributed by atoms with Crippen LogP contribution in [0.1, 0.15) is 11.1 Å². The number of rotatable bonds is 5. The molecule has 2 aromatic rings. The summed E-state index contributed by atoms with van der Waals surface area (Å²) in [5, 5.41) is 11.6. The predicted molar refractivity (Wildman–Crippen MR) is 76.2 cm³/mol. The number of hydrogen-bond donors (Lipinski definition) is 2. The van der Waals surface area contributed by atoms with Crippen molar-refractivity contribution in [3.05, 3.63) is 59.4 Å². The van der Waals surface area contributed by atoms with Crippen LogP contribution >= 0.6 is 0 Å². The largest absolute Gasteiger partial charge is 0.494 e. The second-order valence-electron chi connectivity index (χ2n) is 4.24. The molecule has 0 spiro atoms. The van der Waals surface area contributed by atoms with Crippen LogP contribution in [-0.2, 0) is 6.61 Å². The summed E-state index contributed by atoms with van der Waals surface area (Å²) in [5.74, 6) is 0.184. The van der Waals surface area contributed by atoms with E-state index in [1.807, 2.05) is 0 Å². The molecule has 0 bridgehead atoms. The molecule has 0 amide bonds. The van der Waals surface area contributed by atoms with Gasteiger partial charge in [0.25, 0.3) is 0 Å². The molecule has 21 heavy (non-hydrogen) atoms. The molecule has 3 N–H and O–H groups in total. The van der Waals surface area contributed by atoms with Crippen LogP contribution in [-0.4, -0.2) is 18.2 Å². The molecule has 5 nitrogen and oxygen atoms in total. The van der Waals surface area contributed by atoms with Crippen LogP contribution in [0.4, 0.5) is 4.39 Å². The summed E-state index contributed by atoms with van der Waals surface area (Å²) in [6.07, 6.45) is 0. The number of methoxy groups -OCH3 is 1. The third kappa shape index (κ3) is 3.42. The molecule has 0 fully saturated rings. The summed E-state index contributed by atoms with van der Waals surface area (Å²) in [5.41, 5.74) is 6.39. The summed E-state index contributed by atoms with van der Waals surface area (Å²) in [4.78, 5) is 0. The summed E-state index contributed by atoms with van der Waals surface area (Å²) in [6, 6.07) is 11.5. The lowest BCUT2D eigenvalue weighted by molar-refractivity contribution is 0.295. The van der Waals surface area contributed by atoms with Crippen molar-refractivity contribution in [3.8, 4) is 11.5 Å². The molecule has 0 aromatic heterocycles. The summed E-state index contributed by atoms with van der Waals surface area (Å²) in [7, 11) is 1.41. The lowest BCUT2D eigenvalue weighted by Gasteiger charge is -2.10. The average molecular weight is 290 g/mol. The van der Waals surface area contributed by atoms with Gasteiger partial charge in [-0.2, -0.15) is 0 Å². The van der Waals surface area contributed by atoms with Gasteiger partial charge in [0.2, 0.25) is 0 Å². The quantitative estimate of drug-likeness (QED) is 0.384. The first-order valence-corrected chi connectivity index (χ1v) is 6.18. The van der Waals surface area contributed by atoms with Gasteiger partial charge in [-0.05, 0) is 18.2 Å². The first-order valence-electron chi connectivity index (χ1n) is 6.18. The maximum atomic E-state index is 14.0. The molecule has 0 saturated carbocycles. The average Bonchev–Trinajstić information content (AvgIpc) is 2.53. The van der Waals surface area contributed by atoms with Crippen LogP contribution in [0.15, 0.2) is 47.6 Å². The highest BCUT2D eigenvalue weighted by Crippen LogP contribution is 2.22. The first kappa shape index (κ1) is 14.6. The van der Waals surface area contributed by atoms with E-state index in [0.717, 1.165) is 0 Å². The van der Waals surface area contributed by atoms with Gasteiger partial charge in [-0.15, -0.1) is 0 Å². The van der Waals surface area contributed by atoms with E-state index in [1.54, 1.807) is 36.4 Å². The van der Waals surface area contributed by atoms with Gasteiger partial charge in [-0.25, -0.2) is 4.39 Å². The Bertz CT molecular complexity index is 659. The fourth-order valence-electron chi connectivity index (χ4n) is 1.79. The number of ether oxygens (including phenoxy) is 2. The third-order valence-corrected chi connectivity index (χ3v) is 2.90. The van der Waals surface area contributed by atoms with E-state index >= 15 is 0 Å². The highest BCUT2D eigenvalue weighted by Gasteiger charge is 2.09. The van der Waals surface area contributed by atoms with E-state index in [0.29, 0.717) is 16.9 Å². The molecular formula is C15H15FN2O3. The van der Waals surface area contributed by atoms with E-state index in [4.69, 9.17) is 20.4 Å². The highest BCUT2D eigenvalue weighted by atomic mass is 19.1. The van der Waals surface area contributed by atoms with Crippen LogP contribution in [0.2, 0.25) is 0 Å². The van der Waals surface area contributed by atoms with Crippen molar-refractivity contribution in [2.45, 2.75) is 6.61 Å². The van der Waals surface area contributed by atoms with Gasteiger partial charge in [0.15, 0.2) is 17.4 Å². The van der Waals surface area contributed by atoms with Gasteiger partial charge in [-0.3, -0.25) is 0 Å². The Balaban J connectivity index is 2.14. The number of hydrogen-bond acceptors (Lipinski definition) is 4. The summed E-state index contributed by atoms with van der Waals surface area (Å²) >= 11 is 0. The van der Waals surface area contributed by atoms with Crippen molar-refractivity contribution < 1.29 is 19.1 Å². The molecule has 0 radical (unpaired) electrons. The van der Waals surface area contributed by atoms with Gasteiger partial charge < -0.3 is 20.4 Å². The Labute approximate surface area is 121 Å². The van der Waals surface area contributed by atoms with Gasteiger partial charge in [0.1, 0.15) is 12.4 Å². The van der Waals surface area contributed by atoms with E-state index in [1.165, 1.54) is 13.2 Å². The standard InChI is InChI=1S/C15H15FN2O3/c1-20-13-7-3-5-11(14(13)16)9-21-12-6-2-4-10(8-12)15(17)18-19/h2-8,19H,9H2,1H3,(H2,17,18). The smallest absolute Gasteiger partial charge is 0.171 e. The van der Waals surface area contributed by atoms with E-state index in [-0.39, 0.29) is 18.2 Å². The molecular weight excluding hydrogens is 275 g/mol. The van der Waals surface area contributed by atoms with Gasteiger partial charge in [0.05, 0.1) is 7.11 Å². The SMILES string of the molecule is COc1cccc(COc2cccc(/C(N)=N/O)c2)c1F. The Kier molecular flexibility index (Phi) is 4.61. The fourth-order valence-corrected chi connectivity index (χ4v) is 1.79. The van der Waals surface area contributed by atoms with Crippen molar-refractivity contribution in [1.29, 1.82) is 0 Å². The molecule has 2 rings (SSSR count). The van der Waals surface area contributed by atoms with Crippen LogP contribution in [0.3, 0.4) is 0 Å². The predicted octanol–water partition coefficient (Wildman–Crippen LogP) is 2.51. The second-order valence-corrected chi connectivity index (χ2v) is 4.24. The summed E-state index contributed by atoms with van der Waals surface area (Å²) in [6.45, 7) is 0.0443. The van der Waals surface area contributed by atoms with E-state index < -0.39 is 5.82 Å². The Morgan fingerprint density at radius 2 is 2.05 bits per heavy atom. The van der Waals surface area contributed by atoms with Crippen molar-refractivity contribution in [2.24, 2.45) is 10.9 Å². The number of nitrogens with two attached hydrogens (primary N) is 1. The van der Waals surface area contributed by atoms with Gasteiger partial charge in [0, 0.05) is 11.1 Å². The van der Waals surface area contributed by atoms with Crippen LogP contribution in [0, 0.1) is 5.82 Å². The molecule has 0 atom stereocenters. The Hall–Kier alpha value is -2.76. The maximum Gasteiger partial charge on any atom is 0.171 e. The number of nitrogens with zero attached hydrogens (tertiary/aromatic N) is 1. The Morgan fingerprint density at radius 1 is 1.29 bits per heavy atom.